The smallest absolute Gasteiger partial charge is 0.338 e. The SMILES string of the molecule is O=C(COC(=O)c1cccc(Cl)c1)NNC(=O)c1ccccc1F. The van der Waals surface area contributed by atoms with Crippen LogP contribution in [0.3, 0.4) is 0 Å². The largest absolute Gasteiger partial charge is 0.452 e. The van der Waals surface area contributed by atoms with Gasteiger partial charge in [-0.25, -0.2) is 9.18 Å². The first-order chi connectivity index (χ1) is 11.5. The van der Waals surface area contributed by atoms with Gasteiger partial charge >= 0.3 is 5.97 Å². The van der Waals surface area contributed by atoms with Gasteiger partial charge in [0.15, 0.2) is 6.61 Å². The number of esters is 1. The van der Waals surface area contributed by atoms with Gasteiger partial charge in [-0.1, -0.05) is 29.8 Å². The molecule has 0 spiro atoms. The Morgan fingerprint density at radius 1 is 1.04 bits per heavy atom. The van der Waals surface area contributed by atoms with E-state index in [0.717, 1.165) is 6.07 Å². The summed E-state index contributed by atoms with van der Waals surface area (Å²) in [6.45, 7) is -0.622. The molecule has 0 heterocycles. The van der Waals surface area contributed by atoms with Crippen molar-refractivity contribution >= 4 is 29.4 Å². The van der Waals surface area contributed by atoms with Crippen LogP contribution < -0.4 is 10.9 Å². The lowest BCUT2D eigenvalue weighted by molar-refractivity contribution is -0.125. The molecule has 0 fully saturated rings. The quantitative estimate of drug-likeness (QED) is 0.653. The molecule has 8 heteroatoms. The highest BCUT2D eigenvalue weighted by Crippen LogP contribution is 2.11. The number of amides is 2. The fraction of sp³-hybridized carbons (Fsp3) is 0.0625. The lowest BCUT2D eigenvalue weighted by Crippen LogP contribution is -2.43. The molecule has 0 atom stereocenters. The average Bonchev–Trinajstić information content (AvgIpc) is 2.58. The normalized spacial score (nSPS) is 9.92. The maximum atomic E-state index is 13.4. The number of carbonyl (C=O) groups excluding carboxylic acids is 3. The monoisotopic (exact) mass is 350 g/mol. The lowest BCUT2D eigenvalue weighted by Gasteiger charge is -2.08. The van der Waals surface area contributed by atoms with Crippen LogP contribution >= 0.6 is 11.6 Å². The summed E-state index contributed by atoms with van der Waals surface area (Å²) in [5.74, 6) is -3.08. The first-order valence-corrected chi connectivity index (χ1v) is 7.11. The van der Waals surface area contributed by atoms with Crippen molar-refractivity contribution in [3.8, 4) is 0 Å². The van der Waals surface area contributed by atoms with Gasteiger partial charge < -0.3 is 4.74 Å². The molecule has 0 aliphatic heterocycles. The van der Waals surface area contributed by atoms with E-state index < -0.39 is 30.2 Å². The van der Waals surface area contributed by atoms with Gasteiger partial charge in [-0.05, 0) is 30.3 Å². The Bertz CT molecular complexity index is 782. The Labute approximate surface area is 141 Å². The molecule has 2 amide bonds. The van der Waals surface area contributed by atoms with Crippen LogP contribution in [0.4, 0.5) is 4.39 Å². The molecule has 0 aliphatic carbocycles. The predicted molar refractivity (Wildman–Crippen MR) is 83.7 cm³/mol. The second-order valence-electron chi connectivity index (χ2n) is 4.57. The van der Waals surface area contributed by atoms with Crippen molar-refractivity contribution in [3.05, 3.63) is 70.5 Å². The Morgan fingerprint density at radius 3 is 2.50 bits per heavy atom. The molecule has 124 valence electrons. The highest BCUT2D eigenvalue weighted by molar-refractivity contribution is 6.30. The molecule has 0 aliphatic rings. The van der Waals surface area contributed by atoms with Crippen molar-refractivity contribution in [1.29, 1.82) is 0 Å². The molecule has 0 radical (unpaired) electrons. The lowest BCUT2D eigenvalue weighted by atomic mass is 10.2. The number of benzene rings is 2. The van der Waals surface area contributed by atoms with E-state index in [1.54, 1.807) is 12.1 Å². The number of halogens is 2. The Hall–Kier alpha value is -2.93. The van der Waals surface area contributed by atoms with E-state index in [4.69, 9.17) is 16.3 Å². The molecule has 2 aromatic rings. The molecule has 2 aromatic carbocycles. The Kier molecular flexibility index (Phi) is 5.86. The number of rotatable bonds is 4. The van der Waals surface area contributed by atoms with Gasteiger partial charge in [-0.2, -0.15) is 0 Å². The fourth-order valence-electron chi connectivity index (χ4n) is 1.71. The second kappa shape index (κ2) is 8.07. The summed E-state index contributed by atoms with van der Waals surface area (Å²) in [6, 6.07) is 11.3. The van der Waals surface area contributed by atoms with Gasteiger partial charge in [0.05, 0.1) is 11.1 Å². The summed E-state index contributed by atoms with van der Waals surface area (Å²) in [5.41, 5.74) is 4.00. The summed E-state index contributed by atoms with van der Waals surface area (Å²) in [4.78, 5) is 34.9. The van der Waals surface area contributed by atoms with Crippen molar-refractivity contribution in [2.75, 3.05) is 6.61 Å². The van der Waals surface area contributed by atoms with E-state index in [0.29, 0.717) is 5.02 Å². The summed E-state index contributed by atoms with van der Waals surface area (Å²) in [5, 5.41) is 0.353. The maximum Gasteiger partial charge on any atom is 0.338 e. The number of ether oxygens (including phenoxy) is 1. The van der Waals surface area contributed by atoms with E-state index in [9.17, 15) is 18.8 Å². The summed E-state index contributed by atoms with van der Waals surface area (Å²) < 4.78 is 18.2. The minimum Gasteiger partial charge on any atom is -0.452 e. The third-order valence-corrected chi connectivity index (χ3v) is 3.06. The molecule has 24 heavy (non-hydrogen) atoms. The second-order valence-corrected chi connectivity index (χ2v) is 5.01. The standard InChI is InChI=1S/C16H12ClFN2O4/c17-11-5-3-4-10(8-11)16(23)24-9-14(21)19-20-15(22)12-6-1-2-7-13(12)18/h1-8H,9H2,(H,19,21)(H,20,22). The third-order valence-electron chi connectivity index (χ3n) is 2.83. The van der Waals surface area contributed by atoms with Crippen LogP contribution in [0.5, 0.6) is 0 Å². The van der Waals surface area contributed by atoms with Gasteiger partial charge in [0.2, 0.25) is 0 Å². The fourth-order valence-corrected chi connectivity index (χ4v) is 1.90. The number of hydrazine groups is 1. The van der Waals surface area contributed by atoms with Crippen LogP contribution in [0.15, 0.2) is 48.5 Å². The topological polar surface area (TPSA) is 84.5 Å². The van der Waals surface area contributed by atoms with Crippen molar-refractivity contribution in [2.24, 2.45) is 0 Å². The highest BCUT2D eigenvalue weighted by Gasteiger charge is 2.13. The molecule has 2 N–H and O–H groups in total. The van der Waals surface area contributed by atoms with Gasteiger partial charge in [0, 0.05) is 5.02 Å². The van der Waals surface area contributed by atoms with Crippen LogP contribution in [0, 0.1) is 5.82 Å². The van der Waals surface area contributed by atoms with Crippen molar-refractivity contribution in [2.45, 2.75) is 0 Å². The summed E-state index contributed by atoms with van der Waals surface area (Å²) >= 11 is 5.74. The highest BCUT2D eigenvalue weighted by atomic mass is 35.5. The summed E-state index contributed by atoms with van der Waals surface area (Å²) in [7, 11) is 0. The first kappa shape index (κ1) is 17.4. The van der Waals surface area contributed by atoms with E-state index in [2.05, 4.69) is 0 Å². The van der Waals surface area contributed by atoms with Crippen LogP contribution in [0.2, 0.25) is 5.02 Å². The first-order valence-electron chi connectivity index (χ1n) is 6.74. The van der Waals surface area contributed by atoms with E-state index in [1.165, 1.54) is 30.3 Å². The van der Waals surface area contributed by atoms with Crippen LogP contribution in [-0.4, -0.2) is 24.4 Å². The molecule has 6 nitrogen and oxygen atoms in total. The van der Waals surface area contributed by atoms with Crippen molar-refractivity contribution < 1.29 is 23.5 Å². The molecule has 0 aromatic heterocycles. The van der Waals surface area contributed by atoms with E-state index in [-0.39, 0.29) is 11.1 Å². The Balaban J connectivity index is 1.80. The molecule has 0 saturated carbocycles. The predicted octanol–water partition coefficient (Wildman–Crippen LogP) is 2.10. The van der Waals surface area contributed by atoms with Gasteiger partial charge in [0.1, 0.15) is 5.82 Å². The molecule has 2 rings (SSSR count). The zero-order chi connectivity index (χ0) is 17.5. The van der Waals surface area contributed by atoms with Gasteiger partial charge in [0.25, 0.3) is 11.8 Å². The molecule has 0 saturated heterocycles. The Morgan fingerprint density at radius 2 is 1.79 bits per heavy atom. The van der Waals surface area contributed by atoms with Crippen LogP contribution in [-0.2, 0) is 9.53 Å². The van der Waals surface area contributed by atoms with Crippen molar-refractivity contribution in [3.63, 3.8) is 0 Å². The zero-order valence-corrected chi connectivity index (χ0v) is 13.0. The zero-order valence-electron chi connectivity index (χ0n) is 12.2. The molecular weight excluding hydrogens is 339 g/mol. The molecule has 0 unspecified atom stereocenters. The van der Waals surface area contributed by atoms with Gasteiger partial charge in [-0.3, -0.25) is 20.4 Å². The number of hydrogen-bond donors (Lipinski definition) is 2. The summed E-state index contributed by atoms with van der Waals surface area (Å²) in [6.07, 6.45) is 0. The van der Waals surface area contributed by atoms with Gasteiger partial charge in [-0.15, -0.1) is 0 Å². The van der Waals surface area contributed by atoms with Crippen LogP contribution in [0.25, 0.3) is 0 Å². The van der Waals surface area contributed by atoms with Crippen LogP contribution in [0.1, 0.15) is 20.7 Å². The molecular formula is C16H12ClFN2O4. The van der Waals surface area contributed by atoms with E-state index in [1.807, 2.05) is 10.9 Å². The minimum absolute atomic E-state index is 0.186. The maximum absolute atomic E-state index is 13.4. The van der Waals surface area contributed by atoms with E-state index >= 15 is 0 Å². The number of nitrogens with one attached hydrogen (secondary N) is 2. The average molecular weight is 351 g/mol. The molecule has 0 bridgehead atoms. The third kappa shape index (κ3) is 4.79. The van der Waals surface area contributed by atoms with Crippen molar-refractivity contribution in [1.82, 2.24) is 10.9 Å². The number of hydrogen-bond acceptors (Lipinski definition) is 4. The minimum atomic E-state index is -0.831. The number of carbonyl (C=O) groups is 3.